The van der Waals surface area contributed by atoms with Crippen molar-refractivity contribution in [1.82, 2.24) is 9.80 Å². The molecule has 0 spiro atoms. The molecule has 0 saturated carbocycles. The van der Waals surface area contributed by atoms with Gasteiger partial charge >= 0.3 is 0 Å². The lowest BCUT2D eigenvalue weighted by atomic mass is 10.1. The second kappa shape index (κ2) is 8.99. The zero-order valence-corrected chi connectivity index (χ0v) is 15.8. The van der Waals surface area contributed by atoms with E-state index >= 15 is 0 Å². The first kappa shape index (κ1) is 19.4. The van der Waals surface area contributed by atoms with E-state index in [1.165, 1.54) is 6.92 Å². The van der Waals surface area contributed by atoms with E-state index in [9.17, 15) is 14.4 Å². The normalized spacial score (nSPS) is 14.2. The molecule has 2 aromatic carbocycles. The molecule has 3 rings (SSSR count). The van der Waals surface area contributed by atoms with Crippen LogP contribution >= 0.6 is 0 Å². The number of hydrogen-bond acceptors (Lipinski definition) is 3. The van der Waals surface area contributed by atoms with Crippen LogP contribution in [-0.4, -0.2) is 53.7 Å². The minimum atomic E-state index is -0.180. The zero-order chi connectivity index (χ0) is 19.9. The van der Waals surface area contributed by atoms with Crippen LogP contribution in [-0.2, 0) is 9.59 Å². The Hall–Kier alpha value is -3.41. The predicted octanol–water partition coefficient (Wildman–Crippen LogP) is 2.64. The van der Waals surface area contributed by atoms with Crippen molar-refractivity contribution in [2.45, 2.75) is 6.92 Å². The highest BCUT2D eigenvalue weighted by molar-refractivity contribution is 5.97. The molecule has 1 fully saturated rings. The highest BCUT2D eigenvalue weighted by Gasteiger charge is 2.24. The van der Waals surface area contributed by atoms with Gasteiger partial charge in [-0.3, -0.25) is 14.4 Å². The Morgan fingerprint density at radius 1 is 0.893 bits per heavy atom. The molecule has 0 aromatic heterocycles. The topological polar surface area (TPSA) is 69.7 Å². The van der Waals surface area contributed by atoms with E-state index in [-0.39, 0.29) is 17.7 Å². The van der Waals surface area contributed by atoms with Crippen molar-refractivity contribution < 1.29 is 14.4 Å². The lowest BCUT2D eigenvalue weighted by Gasteiger charge is -2.34. The maximum absolute atomic E-state index is 12.7. The fourth-order valence-electron chi connectivity index (χ4n) is 3.08. The van der Waals surface area contributed by atoms with E-state index in [2.05, 4.69) is 5.32 Å². The van der Waals surface area contributed by atoms with Gasteiger partial charge < -0.3 is 15.1 Å². The zero-order valence-electron chi connectivity index (χ0n) is 15.8. The second-order valence-electron chi connectivity index (χ2n) is 6.62. The van der Waals surface area contributed by atoms with E-state index in [0.717, 1.165) is 5.56 Å². The van der Waals surface area contributed by atoms with Crippen molar-refractivity contribution in [3.63, 3.8) is 0 Å². The van der Waals surface area contributed by atoms with Crippen LogP contribution in [0, 0.1) is 0 Å². The highest BCUT2D eigenvalue weighted by Crippen LogP contribution is 2.14. The molecular weight excluding hydrogens is 354 g/mol. The fourth-order valence-corrected chi connectivity index (χ4v) is 3.08. The van der Waals surface area contributed by atoms with Crippen LogP contribution in [0.25, 0.3) is 6.08 Å². The minimum Gasteiger partial charge on any atom is -0.336 e. The first-order valence-corrected chi connectivity index (χ1v) is 9.22. The Balaban J connectivity index is 1.56. The third-order valence-electron chi connectivity index (χ3n) is 4.53. The molecule has 0 unspecified atom stereocenters. The summed E-state index contributed by atoms with van der Waals surface area (Å²) in [6.07, 6.45) is 3.37. The van der Waals surface area contributed by atoms with Crippen LogP contribution in [0.5, 0.6) is 0 Å². The lowest BCUT2D eigenvalue weighted by molar-refractivity contribution is -0.127. The molecule has 2 aromatic rings. The summed E-state index contributed by atoms with van der Waals surface area (Å²) < 4.78 is 0. The van der Waals surface area contributed by atoms with Gasteiger partial charge in [0.1, 0.15) is 0 Å². The molecule has 1 saturated heterocycles. The largest absolute Gasteiger partial charge is 0.336 e. The lowest BCUT2D eigenvalue weighted by Crippen LogP contribution is -2.50. The summed E-state index contributed by atoms with van der Waals surface area (Å²) in [6.45, 7) is 3.38. The van der Waals surface area contributed by atoms with E-state index in [0.29, 0.717) is 37.4 Å². The summed E-state index contributed by atoms with van der Waals surface area (Å²) in [7, 11) is 0. The summed E-state index contributed by atoms with van der Waals surface area (Å²) in [5.41, 5.74) is 2.09. The molecule has 3 amide bonds. The first-order chi connectivity index (χ1) is 13.5. The summed E-state index contributed by atoms with van der Waals surface area (Å²) in [4.78, 5) is 39.8. The third kappa shape index (κ3) is 5.07. The number of amides is 3. The van der Waals surface area contributed by atoms with E-state index < -0.39 is 0 Å². The average molecular weight is 377 g/mol. The number of nitrogens with zero attached hydrogens (tertiary/aromatic N) is 2. The molecule has 1 N–H and O–H groups in total. The predicted molar refractivity (Wildman–Crippen MR) is 109 cm³/mol. The maximum atomic E-state index is 12.7. The highest BCUT2D eigenvalue weighted by atomic mass is 16.2. The monoisotopic (exact) mass is 377 g/mol. The van der Waals surface area contributed by atoms with Gasteiger partial charge in [-0.05, 0) is 29.8 Å². The van der Waals surface area contributed by atoms with Gasteiger partial charge in [-0.1, -0.05) is 36.4 Å². The summed E-state index contributed by atoms with van der Waals surface area (Å²) in [5, 5.41) is 2.68. The Morgan fingerprint density at radius 2 is 1.57 bits per heavy atom. The number of benzene rings is 2. The summed E-state index contributed by atoms with van der Waals surface area (Å²) >= 11 is 0. The number of piperazine rings is 1. The smallest absolute Gasteiger partial charge is 0.254 e. The Morgan fingerprint density at radius 3 is 2.25 bits per heavy atom. The van der Waals surface area contributed by atoms with Gasteiger partial charge in [-0.15, -0.1) is 0 Å². The number of carbonyl (C=O) groups is 3. The Labute approximate surface area is 164 Å². The van der Waals surface area contributed by atoms with E-state index in [1.807, 2.05) is 30.3 Å². The molecule has 6 nitrogen and oxygen atoms in total. The van der Waals surface area contributed by atoms with Crippen LogP contribution < -0.4 is 5.32 Å². The first-order valence-electron chi connectivity index (χ1n) is 9.22. The van der Waals surface area contributed by atoms with E-state index in [1.54, 1.807) is 46.2 Å². The quantitative estimate of drug-likeness (QED) is 0.833. The SMILES string of the molecule is CC(=O)Nc1cccc(C(=O)N2CCN(C(=O)/C=C/c3ccccc3)CC2)c1. The average Bonchev–Trinajstić information content (AvgIpc) is 2.72. The molecule has 1 aliphatic heterocycles. The van der Waals surface area contributed by atoms with Gasteiger partial charge in [0.05, 0.1) is 0 Å². The Kier molecular flexibility index (Phi) is 6.22. The number of hydrogen-bond donors (Lipinski definition) is 1. The molecule has 1 aliphatic rings. The number of rotatable bonds is 4. The van der Waals surface area contributed by atoms with Crippen LogP contribution in [0.15, 0.2) is 60.7 Å². The van der Waals surface area contributed by atoms with Crippen LogP contribution in [0.4, 0.5) is 5.69 Å². The van der Waals surface area contributed by atoms with Gasteiger partial charge in [0.15, 0.2) is 0 Å². The van der Waals surface area contributed by atoms with Crippen molar-refractivity contribution in [3.8, 4) is 0 Å². The van der Waals surface area contributed by atoms with Crippen molar-refractivity contribution in [3.05, 3.63) is 71.8 Å². The summed E-state index contributed by atoms with van der Waals surface area (Å²) in [5.74, 6) is -0.331. The molecule has 0 bridgehead atoms. The molecule has 0 radical (unpaired) electrons. The second-order valence-corrected chi connectivity index (χ2v) is 6.62. The Bertz CT molecular complexity index is 885. The van der Waals surface area contributed by atoms with Gasteiger partial charge in [-0.2, -0.15) is 0 Å². The molecule has 0 aliphatic carbocycles. The van der Waals surface area contributed by atoms with Gasteiger partial charge in [0, 0.05) is 50.4 Å². The summed E-state index contributed by atoms with van der Waals surface area (Å²) in [6, 6.07) is 16.6. The third-order valence-corrected chi connectivity index (χ3v) is 4.53. The maximum Gasteiger partial charge on any atom is 0.254 e. The van der Waals surface area contributed by atoms with Crippen molar-refractivity contribution in [2.75, 3.05) is 31.5 Å². The van der Waals surface area contributed by atoms with Crippen molar-refractivity contribution >= 4 is 29.5 Å². The van der Waals surface area contributed by atoms with Crippen LogP contribution in [0.3, 0.4) is 0 Å². The van der Waals surface area contributed by atoms with Gasteiger partial charge in [0.2, 0.25) is 11.8 Å². The molecule has 1 heterocycles. The molecule has 6 heteroatoms. The molecular formula is C22H23N3O3. The number of carbonyl (C=O) groups excluding carboxylic acids is 3. The fraction of sp³-hybridized carbons (Fsp3) is 0.227. The number of anilines is 1. The van der Waals surface area contributed by atoms with Crippen molar-refractivity contribution in [1.29, 1.82) is 0 Å². The number of nitrogens with one attached hydrogen (secondary N) is 1. The van der Waals surface area contributed by atoms with Gasteiger partial charge in [-0.25, -0.2) is 0 Å². The van der Waals surface area contributed by atoms with Crippen LogP contribution in [0.1, 0.15) is 22.8 Å². The van der Waals surface area contributed by atoms with E-state index in [4.69, 9.17) is 0 Å². The molecule has 0 atom stereocenters. The standard InChI is InChI=1S/C22H23N3O3/c1-17(26)23-20-9-5-8-19(16-20)22(28)25-14-12-24(13-15-25)21(27)11-10-18-6-3-2-4-7-18/h2-11,16H,12-15H2,1H3,(H,23,26)/b11-10+. The van der Waals surface area contributed by atoms with Crippen molar-refractivity contribution in [2.24, 2.45) is 0 Å². The molecule has 28 heavy (non-hydrogen) atoms. The van der Waals surface area contributed by atoms with Gasteiger partial charge in [0.25, 0.3) is 5.91 Å². The molecule has 144 valence electrons. The minimum absolute atomic E-state index is 0.0522. The van der Waals surface area contributed by atoms with Crippen LogP contribution in [0.2, 0.25) is 0 Å².